The second-order valence-corrected chi connectivity index (χ2v) is 7.03. The quantitative estimate of drug-likeness (QED) is 0.606. The highest BCUT2D eigenvalue weighted by atomic mass is 32.2. The lowest BCUT2D eigenvalue weighted by Crippen LogP contribution is -2.19. The van der Waals surface area contributed by atoms with Gasteiger partial charge in [0.15, 0.2) is 9.84 Å². The molecule has 4 heteroatoms. The third-order valence-corrected chi connectivity index (χ3v) is 3.93. The standard InChI is InChI=1S/C11H24O3S/c1-10(2)5-6-14-7-8-15(12,13)9-11(3)4/h10-11H,5-9H2,1-4H3. The number of hydrogen-bond donors (Lipinski definition) is 0. The first-order valence-electron chi connectivity index (χ1n) is 5.61. The summed E-state index contributed by atoms with van der Waals surface area (Å²) in [6, 6.07) is 0. The number of rotatable bonds is 8. The molecular formula is C11H24O3S. The van der Waals surface area contributed by atoms with Gasteiger partial charge in [-0.1, -0.05) is 27.7 Å². The molecule has 0 N–H and O–H groups in total. The molecule has 92 valence electrons. The first kappa shape index (κ1) is 14.9. The van der Waals surface area contributed by atoms with Crippen LogP contribution in [0, 0.1) is 11.8 Å². The number of sulfone groups is 1. The molecule has 0 fully saturated rings. The van der Waals surface area contributed by atoms with Crippen LogP contribution in [-0.2, 0) is 14.6 Å². The summed E-state index contributed by atoms with van der Waals surface area (Å²) >= 11 is 0. The maximum Gasteiger partial charge on any atom is 0.152 e. The molecule has 3 nitrogen and oxygen atoms in total. The molecule has 0 bridgehead atoms. The van der Waals surface area contributed by atoms with E-state index in [-0.39, 0.29) is 17.4 Å². The predicted molar refractivity (Wildman–Crippen MR) is 63.8 cm³/mol. The summed E-state index contributed by atoms with van der Waals surface area (Å²) in [5, 5.41) is 0. The van der Waals surface area contributed by atoms with E-state index in [1.54, 1.807) is 0 Å². The molecule has 0 aliphatic rings. The minimum Gasteiger partial charge on any atom is -0.380 e. The van der Waals surface area contributed by atoms with Crippen LogP contribution in [0.1, 0.15) is 34.1 Å². The van der Waals surface area contributed by atoms with Crippen molar-refractivity contribution in [3.8, 4) is 0 Å². The minimum atomic E-state index is -2.91. The molecule has 0 rings (SSSR count). The second kappa shape index (κ2) is 7.23. The topological polar surface area (TPSA) is 43.4 Å². The zero-order chi connectivity index (χ0) is 11.9. The van der Waals surface area contributed by atoms with Crippen LogP contribution in [0.25, 0.3) is 0 Å². The zero-order valence-electron chi connectivity index (χ0n) is 10.3. The van der Waals surface area contributed by atoms with Crippen molar-refractivity contribution >= 4 is 9.84 Å². The van der Waals surface area contributed by atoms with E-state index in [4.69, 9.17) is 4.74 Å². The van der Waals surface area contributed by atoms with Crippen molar-refractivity contribution in [3.63, 3.8) is 0 Å². The van der Waals surface area contributed by atoms with Crippen LogP contribution in [-0.4, -0.2) is 33.1 Å². The Labute approximate surface area is 94.1 Å². The average molecular weight is 236 g/mol. The summed E-state index contributed by atoms with van der Waals surface area (Å²) in [6.45, 7) is 9.07. The molecule has 0 saturated carbocycles. The highest BCUT2D eigenvalue weighted by Gasteiger charge is 2.12. The van der Waals surface area contributed by atoms with Gasteiger partial charge in [0.1, 0.15) is 0 Å². The van der Waals surface area contributed by atoms with Gasteiger partial charge in [0.2, 0.25) is 0 Å². The molecule has 0 aromatic rings. The lowest BCUT2D eigenvalue weighted by molar-refractivity contribution is 0.137. The normalized spacial score (nSPS) is 12.7. The van der Waals surface area contributed by atoms with Crippen molar-refractivity contribution in [3.05, 3.63) is 0 Å². The highest BCUT2D eigenvalue weighted by Crippen LogP contribution is 2.02. The lowest BCUT2D eigenvalue weighted by Gasteiger charge is -2.08. The van der Waals surface area contributed by atoms with Crippen LogP contribution < -0.4 is 0 Å². The Bertz CT molecular complexity index is 243. The van der Waals surface area contributed by atoms with Crippen molar-refractivity contribution in [2.75, 3.05) is 24.7 Å². The van der Waals surface area contributed by atoms with Gasteiger partial charge in [-0.25, -0.2) is 8.42 Å². The first-order valence-corrected chi connectivity index (χ1v) is 7.44. The molecule has 0 aromatic heterocycles. The van der Waals surface area contributed by atoms with Crippen molar-refractivity contribution < 1.29 is 13.2 Å². The van der Waals surface area contributed by atoms with E-state index in [2.05, 4.69) is 13.8 Å². The van der Waals surface area contributed by atoms with E-state index >= 15 is 0 Å². The third kappa shape index (κ3) is 10.2. The summed E-state index contributed by atoms with van der Waals surface area (Å²) in [6.07, 6.45) is 0.990. The van der Waals surface area contributed by atoms with Crippen LogP contribution in [0.5, 0.6) is 0 Å². The lowest BCUT2D eigenvalue weighted by atomic mass is 10.1. The Hall–Kier alpha value is -0.0900. The molecule has 15 heavy (non-hydrogen) atoms. The molecule has 0 spiro atoms. The first-order chi connectivity index (χ1) is 6.83. The van der Waals surface area contributed by atoms with Crippen molar-refractivity contribution in [1.82, 2.24) is 0 Å². The van der Waals surface area contributed by atoms with E-state index in [1.165, 1.54) is 0 Å². The van der Waals surface area contributed by atoms with Gasteiger partial charge < -0.3 is 4.74 Å². The van der Waals surface area contributed by atoms with Gasteiger partial charge in [-0.15, -0.1) is 0 Å². The monoisotopic (exact) mass is 236 g/mol. The average Bonchev–Trinajstić information content (AvgIpc) is 1.99. The van der Waals surface area contributed by atoms with Crippen LogP contribution in [0.2, 0.25) is 0 Å². The van der Waals surface area contributed by atoms with Gasteiger partial charge in [0.05, 0.1) is 18.1 Å². The Morgan fingerprint density at radius 2 is 1.60 bits per heavy atom. The van der Waals surface area contributed by atoms with Crippen LogP contribution in [0.15, 0.2) is 0 Å². The Kier molecular flexibility index (Phi) is 7.18. The molecule has 0 aliphatic carbocycles. The third-order valence-electron chi connectivity index (χ3n) is 1.97. The molecule has 0 amide bonds. The maximum atomic E-state index is 11.5. The van der Waals surface area contributed by atoms with E-state index in [0.717, 1.165) is 6.42 Å². The largest absolute Gasteiger partial charge is 0.380 e. The molecule has 0 saturated heterocycles. The van der Waals surface area contributed by atoms with Crippen molar-refractivity contribution in [1.29, 1.82) is 0 Å². The van der Waals surface area contributed by atoms with Crippen LogP contribution in [0.3, 0.4) is 0 Å². The van der Waals surface area contributed by atoms with Crippen LogP contribution >= 0.6 is 0 Å². The van der Waals surface area contributed by atoms with Gasteiger partial charge in [0.25, 0.3) is 0 Å². The smallest absolute Gasteiger partial charge is 0.152 e. The second-order valence-electron chi connectivity index (χ2n) is 4.80. The fraction of sp³-hybridized carbons (Fsp3) is 1.00. The summed E-state index contributed by atoms with van der Waals surface area (Å²) in [5.74, 6) is 1.23. The van der Waals surface area contributed by atoms with Gasteiger partial charge in [-0.05, 0) is 18.3 Å². The molecule has 0 atom stereocenters. The Balaban J connectivity index is 3.58. The summed E-state index contributed by atoms with van der Waals surface area (Å²) < 4.78 is 28.2. The minimum absolute atomic E-state index is 0.156. The summed E-state index contributed by atoms with van der Waals surface area (Å²) in [7, 11) is -2.91. The summed E-state index contributed by atoms with van der Waals surface area (Å²) in [4.78, 5) is 0. The van der Waals surface area contributed by atoms with E-state index < -0.39 is 9.84 Å². The molecule has 0 aliphatic heterocycles. The molecule has 0 unspecified atom stereocenters. The fourth-order valence-corrected chi connectivity index (χ4v) is 2.75. The highest BCUT2D eigenvalue weighted by molar-refractivity contribution is 7.91. The van der Waals surface area contributed by atoms with Gasteiger partial charge in [-0.2, -0.15) is 0 Å². The van der Waals surface area contributed by atoms with E-state index in [0.29, 0.717) is 19.1 Å². The molecule has 0 radical (unpaired) electrons. The molecular weight excluding hydrogens is 212 g/mol. The Morgan fingerprint density at radius 3 is 2.07 bits per heavy atom. The van der Waals surface area contributed by atoms with E-state index in [9.17, 15) is 8.42 Å². The zero-order valence-corrected chi connectivity index (χ0v) is 11.1. The van der Waals surface area contributed by atoms with Crippen LogP contribution in [0.4, 0.5) is 0 Å². The van der Waals surface area contributed by atoms with Gasteiger partial charge in [-0.3, -0.25) is 0 Å². The molecule has 0 aromatic carbocycles. The fourth-order valence-electron chi connectivity index (χ4n) is 1.20. The van der Waals surface area contributed by atoms with Gasteiger partial charge >= 0.3 is 0 Å². The molecule has 0 heterocycles. The summed E-state index contributed by atoms with van der Waals surface area (Å²) in [5.41, 5.74) is 0. The predicted octanol–water partition coefficient (Wildman–Crippen LogP) is 2.12. The van der Waals surface area contributed by atoms with E-state index in [1.807, 2.05) is 13.8 Å². The Morgan fingerprint density at radius 1 is 1.00 bits per heavy atom. The van der Waals surface area contributed by atoms with Crippen molar-refractivity contribution in [2.45, 2.75) is 34.1 Å². The van der Waals surface area contributed by atoms with Crippen molar-refractivity contribution in [2.24, 2.45) is 11.8 Å². The van der Waals surface area contributed by atoms with Gasteiger partial charge in [0, 0.05) is 6.61 Å². The SMILES string of the molecule is CC(C)CCOCCS(=O)(=O)CC(C)C. The number of ether oxygens (including phenoxy) is 1. The maximum absolute atomic E-state index is 11.5. The number of hydrogen-bond acceptors (Lipinski definition) is 3.